The van der Waals surface area contributed by atoms with Gasteiger partial charge in [0, 0.05) is 35.3 Å². The Morgan fingerprint density at radius 1 is 1.24 bits per heavy atom. The lowest BCUT2D eigenvalue weighted by Gasteiger charge is -2.14. The van der Waals surface area contributed by atoms with Crippen molar-refractivity contribution in [2.75, 3.05) is 5.32 Å². The maximum absolute atomic E-state index is 14.9. The van der Waals surface area contributed by atoms with Gasteiger partial charge in [-0.3, -0.25) is 4.79 Å². The number of halogens is 2. The SMILES string of the molecule is O=C(O)c1cn(C2CC2)c2cc(Nc3nccc(Cc4ccccc4Cl)n3)c(F)cc2c1=O. The summed E-state index contributed by atoms with van der Waals surface area (Å²) >= 11 is 6.24. The molecule has 0 bridgehead atoms. The average Bonchev–Trinajstić information content (AvgIpc) is 3.62. The number of pyridine rings is 1. The molecule has 5 rings (SSSR count). The maximum Gasteiger partial charge on any atom is 0.341 e. The number of nitrogens with one attached hydrogen (secondary N) is 1. The summed E-state index contributed by atoms with van der Waals surface area (Å²) in [4.78, 5) is 32.7. The van der Waals surface area contributed by atoms with E-state index in [-0.39, 0.29) is 28.6 Å². The summed E-state index contributed by atoms with van der Waals surface area (Å²) in [5.74, 6) is -1.84. The van der Waals surface area contributed by atoms with Crippen molar-refractivity contribution in [3.8, 4) is 0 Å². The van der Waals surface area contributed by atoms with Crippen LogP contribution in [0.5, 0.6) is 0 Å². The molecule has 2 N–H and O–H groups in total. The summed E-state index contributed by atoms with van der Waals surface area (Å²) in [6, 6.07) is 11.9. The highest BCUT2D eigenvalue weighted by atomic mass is 35.5. The predicted molar refractivity (Wildman–Crippen MR) is 123 cm³/mol. The zero-order valence-electron chi connectivity index (χ0n) is 17.3. The van der Waals surface area contributed by atoms with Gasteiger partial charge in [0.05, 0.1) is 16.9 Å². The first-order chi connectivity index (χ1) is 15.9. The van der Waals surface area contributed by atoms with Gasteiger partial charge in [0.25, 0.3) is 0 Å². The van der Waals surface area contributed by atoms with E-state index in [0.717, 1.165) is 24.5 Å². The number of hydrogen-bond donors (Lipinski definition) is 2. The largest absolute Gasteiger partial charge is 0.477 e. The van der Waals surface area contributed by atoms with Crippen molar-refractivity contribution in [3.05, 3.63) is 92.7 Å². The fraction of sp³-hybridized carbons (Fsp3) is 0.167. The van der Waals surface area contributed by atoms with Gasteiger partial charge >= 0.3 is 5.97 Å². The van der Waals surface area contributed by atoms with Gasteiger partial charge in [0.1, 0.15) is 11.4 Å². The molecule has 0 aliphatic heterocycles. The van der Waals surface area contributed by atoms with E-state index in [1.165, 1.54) is 12.3 Å². The first-order valence-corrected chi connectivity index (χ1v) is 10.7. The third-order valence-corrected chi connectivity index (χ3v) is 5.95. The zero-order chi connectivity index (χ0) is 23.1. The molecule has 2 aromatic heterocycles. The van der Waals surface area contributed by atoms with Crippen LogP contribution in [-0.4, -0.2) is 25.6 Å². The molecule has 1 fully saturated rings. The van der Waals surface area contributed by atoms with Crippen molar-refractivity contribution in [1.82, 2.24) is 14.5 Å². The van der Waals surface area contributed by atoms with E-state index in [2.05, 4.69) is 15.3 Å². The quantitative estimate of drug-likeness (QED) is 0.419. The molecule has 0 radical (unpaired) electrons. The van der Waals surface area contributed by atoms with Gasteiger partial charge < -0.3 is 15.0 Å². The van der Waals surface area contributed by atoms with Crippen LogP contribution in [0.1, 0.15) is 40.5 Å². The molecule has 0 spiro atoms. The molecule has 0 unspecified atom stereocenters. The van der Waals surface area contributed by atoms with E-state index in [1.54, 1.807) is 22.9 Å². The van der Waals surface area contributed by atoms with Crippen LogP contribution in [0.3, 0.4) is 0 Å². The number of carboxylic acid groups (broad SMARTS) is 1. The Morgan fingerprint density at radius 3 is 2.76 bits per heavy atom. The third-order valence-electron chi connectivity index (χ3n) is 5.58. The van der Waals surface area contributed by atoms with E-state index >= 15 is 0 Å². The number of nitrogens with zero attached hydrogens (tertiary/aromatic N) is 3. The Morgan fingerprint density at radius 2 is 2.03 bits per heavy atom. The molecule has 1 aliphatic carbocycles. The maximum atomic E-state index is 14.9. The Bertz CT molecular complexity index is 1470. The number of fused-ring (bicyclic) bond motifs is 1. The molecule has 1 aliphatic rings. The van der Waals surface area contributed by atoms with Crippen LogP contribution in [-0.2, 0) is 6.42 Å². The van der Waals surface area contributed by atoms with E-state index in [9.17, 15) is 19.1 Å². The second-order valence-corrected chi connectivity index (χ2v) is 8.34. The molecule has 166 valence electrons. The van der Waals surface area contributed by atoms with E-state index in [4.69, 9.17) is 11.6 Å². The number of anilines is 2. The van der Waals surface area contributed by atoms with Crippen molar-refractivity contribution in [2.24, 2.45) is 0 Å². The minimum atomic E-state index is -1.33. The Labute approximate surface area is 192 Å². The first-order valence-electron chi connectivity index (χ1n) is 10.3. The topological polar surface area (TPSA) is 97.1 Å². The molecule has 0 saturated heterocycles. The highest BCUT2D eigenvalue weighted by Gasteiger charge is 2.27. The van der Waals surface area contributed by atoms with Gasteiger partial charge in [-0.05, 0) is 42.7 Å². The predicted octanol–water partition coefficient (Wildman–Crippen LogP) is 4.95. The summed E-state index contributed by atoms with van der Waals surface area (Å²) in [7, 11) is 0. The fourth-order valence-electron chi connectivity index (χ4n) is 3.78. The number of aromatic carboxylic acids is 1. The van der Waals surface area contributed by atoms with Crippen LogP contribution >= 0.6 is 11.6 Å². The average molecular weight is 465 g/mol. The normalized spacial score (nSPS) is 13.3. The molecule has 1 saturated carbocycles. The number of rotatable bonds is 6. The van der Waals surface area contributed by atoms with Crippen LogP contribution in [0.25, 0.3) is 10.9 Å². The van der Waals surface area contributed by atoms with Gasteiger partial charge in [0.15, 0.2) is 0 Å². The van der Waals surface area contributed by atoms with Gasteiger partial charge in [-0.15, -0.1) is 0 Å². The number of hydrogen-bond acceptors (Lipinski definition) is 5. The molecule has 33 heavy (non-hydrogen) atoms. The second-order valence-electron chi connectivity index (χ2n) is 7.93. The van der Waals surface area contributed by atoms with Gasteiger partial charge in [-0.2, -0.15) is 0 Å². The molecule has 7 nitrogen and oxygen atoms in total. The molecular weight excluding hydrogens is 447 g/mol. The Balaban J connectivity index is 1.52. The molecule has 0 atom stereocenters. The lowest BCUT2D eigenvalue weighted by molar-refractivity contribution is 0.0695. The smallest absolute Gasteiger partial charge is 0.341 e. The molecule has 2 heterocycles. The summed E-state index contributed by atoms with van der Waals surface area (Å²) < 4.78 is 16.7. The van der Waals surface area contributed by atoms with E-state index in [0.29, 0.717) is 22.7 Å². The Kier molecular flexibility index (Phi) is 5.30. The van der Waals surface area contributed by atoms with Gasteiger partial charge in [-0.1, -0.05) is 29.8 Å². The van der Waals surface area contributed by atoms with Crippen molar-refractivity contribution >= 4 is 40.1 Å². The highest BCUT2D eigenvalue weighted by molar-refractivity contribution is 6.31. The second kappa shape index (κ2) is 8.29. The van der Waals surface area contributed by atoms with E-state index < -0.39 is 17.2 Å². The monoisotopic (exact) mass is 464 g/mol. The first kappa shape index (κ1) is 21.1. The minimum absolute atomic E-state index is 0.0261. The highest BCUT2D eigenvalue weighted by Crippen LogP contribution is 2.38. The molecular formula is C24H18ClFN4O3. The number of aromatic nitrogens is 3. The summed E-state index contributed by atoms with van der Waals surface area (Å²) in [5, 5.41) is 12.9. The summed E-state index contributed by atoms with van der Waals surface area (Å²) in [6.45, 7) is 0. The lowest BCUT2D eigenvalue weighted by Crippen LogP contribution is -2.19. The van der Waals surface area contributed by atoms with E-state index in [1.807, 2.05) is 18.2 Å². The summed E-state index contributed by atoms with van der Waals surface area (Å²) in [5.41, 5.74) is 1.08. The van der Waals surface area contributed by atoms with Crippen molar-refractivity contribution < 1.29 is 14.3 Å². The standard InChI is InChI=1S/C24H18ClFN4O3/c25-18-4-2-1-3-13(18)9-14-7-8-27-24(28-14)29-20-11-21-16(10-19(20)26)22(31)17(23(32)33)12-30(21)15-5-6-15/h1-4,7-8,10-12,15H,5-6,9H2,(H,32,33)(H,27,28,29). The van der Waals surface area contributed by atoms with Crippen LogP contribution < -0.4 is 10.7 Å². The van der Waals surface area contributed by atoms with Crippen molar-refractivity contribution in [1.29, 1.82) is 0 Å². The number of carbonyl (C=O) groups is 1. The van der Waals surface area contributed by atoms with Crippen LogP contribution in [0, 0.1) is 5.82 Å². The van der Waals surface area contributed by atoms with Crippen LogP contribution in [0.4, 0.5) is 16.0 Å². The fourth-order valence-corrected chi connectivity index (χ4v) is 3.99. The van der Waals surface area contributed by atoms with Crippen molar-refractivity contribution in [3.63, 3.8) is 0 Å². The summed E-state index contributed by atoms with van der Waals surface area (Å²) in [6.07, 6.45) is 5.12. The van der Waals surface area contributed by atoms with Crippen molar-refractivity contribution in [2.45, 2.75) is 25.3 Å². The zero-order valence-corrected chi connectivity index (χ0v) is 18.0. The van der Waals surface area contributed by atoms with Crippen LogP contribution in [0.2, 0.25) is 5.02 Å². The number of benzene rings is 2. The molecule has 4 aromatic rings. The Hall–Kier alpha value is -3.78. The third kappa shape index (κ3) is 4.17. The molecule has 0 amide bonds. The molecule has 9 heteroatoms. The van der Waals surface area contributed by atoms with Gasteiger partial charge in [-0.25, -0.2) is 19.2 Å². The van der Waals surface area contributed by atoms with Gasteiger partial charge in [0.2, 0.25) is 11.4 Å². The lowest BCUT2D eigenvalue weighted by atomic mass is 10.1. The minimum Gasteiger partial charge on any atom is -0.477 e. The number of carboxylic acids is 1. The molecule has 2 aromatic carbocycles. The van der Waals surface area contributed by atoms with Crippen LogP contribution in [0.15, 0.2) is 59.7 Å².